The molecule has 1 aromatic heterocycles. The Morgan fingerprint density at radius 1 is 1.17 bits per heavy atom. The lowest BCUT2D eigenvalue weighted by Gasteiger charge is -2.11. The van der Waals surface area contributed by atoms with Gasteiger partial charge in [-0.15, -0.1) is 11.3 Å². The summed E-state index contributed by atoms with van der Waals surface area (Å²) in [5.41, 5.74) is 2.38. The van der Waals surface area contributed by atoms with Crippen molar-refractivity contribution in [2.45, 2.75) is 27.0 Å². The summed E-state index contributed by atoms with van der Waals surface area (Å²) in [6.07, 6.45) is 0. The number of hydrogen-bond donors (Lipinski definition) is 1. The van der Waals surface area contributed by atoms with E-state index in [-0.39, 0.29) is 0 Å². The molecular formula is C15H19NOS. The Morgan fingerprint density at radius 3 is 2.72 bits per heavy atom. The van der Waals surface area contributed by atoms with Crippen molar-refractivity contribution in [3.05, 3.63) is 51.7 Å². The summed E-state index contributed by atoms with van der Waals surface area (Å²) in [5.74, 6) is 0. The van der Waals surface area contributed by atoms with Gasteiger partial charge in [0.2, 0.25) is 0 Å². The first-order chi connectivity index (χ1) is 8.79. The highest BCUT2D eigenvalue weighted by atomic mass is 32.1. The van der Waals surface area contributed by atoms with Gasteiger partial charge in [-0.3, -0.25) is 0 Å². The van der Waals surface area contributed by atoms with Crippen molar-refractivity contribution in [1.29, 1.82) is 0 Å². The lowest BCUT2D eigenvalue weighted by molar-refractivity contribution is 0.134. The fourth-order valence-electron chi connectivity index (χ4n) is 1.79. The zero-order valence-corrected chi connectivity index (χ0v) is 11.7. The molecule has 0 radical (unpaired) electrons. The predicted octanol–water partition coefficient (Wildman–Crippen LogP) is 4.21. The Hall–Kier alpha value is -1.32. The monoisotopic (exact) mass is 261 g/mol. The van der Waals surface area contributed by atoms with Crippen molar-refractivity contribution in [2.24, 2.45) is 0 Å². The number of hydrogen-bond acceptors (Lipinski definition) is 3. The molecule has 96 valence electrons. The highest BCUT2D eigenvalue weighted by Crippen LogP contribution is 2.20. The molecule has 1 heterocycles. The van der Waals surface area contributed by atoms with Gasteiger partial charge in [-0.1, -0.05) is 18.2 Å². The molecule has 2 nitrogen and oxygen atoms in total. The first-order valence-corrected chi connectivity index (χ1v) is 7.06. The number of ether oxygens (including phenoxy) is 1. The average molecular weight is 261 g/mol. The average Bonchev–Trinajstić information content (AvgIpc) is 2.81. The molecule has 2 rings (SSSR count). The molecule has 0 atom stereocenters. The van der Waals surface area contributed by atoms with Crippen molar-refractivity contribution >= 4 is 17.0 Å². The summed E-state index contributed by atoms with van der Waals surface area (Å²) < 4.78 is 5.48. The van der Waals surface area contributed by atoms with Gasteiger partial charge in [-0.2, -0.15) is 0 Å². The highest BCUT2D eigenvalue weighted by Gasteiger charge is 2.02. The lowest BCUT2D eigenvalue weighted by atomic mass is 10.2. The predicted molar refractivity (Wildman–Crippen MR) is 78.2 cm³/mol. The molecule has 3 heteroatoms. The molecule has 0 amide bonds. The molecule has 0 aliphatic rings. The van der Waals surface area contributed by atoms with Crippen LogP contribution in [0.1, 0.15) is 22.2 Å². The summed E-state index contributed by atoms with van der Waals surface area (Å²) in [6, 6.07) is 12.7. The van der Waals surface area contributed by atoms with E-state index in [0.29, 0.717) is 6.61 Å². The van der Waals surface area contributed by atoms with Gasteiger partial charge in [0, 0.05) is 34.2 Å². The van der Waals surface area contributed by atoms with Gasteiger partial charge in [-0.25, -0.2) is 0 Å². The van der Waals surface area contributed by atoms with Crippen LogP contribution in [0.3, 0.4) is 0 Å². The quantitative estimate of drug-likeness (QED) is 0.841. The first-order valence-electron chi connectivity index (χ1n) is 6.24. The van der Waals surface area contributed by atoms with Crippen molar-refractivity contribution in [3.8, 4) is 0 Å². The fraction of sp³-hybridized carbons (Fsp3) is 0.333. The van der Waals surface area contributed by atoms with E-state index >= 15 is 0 Å². The fourth-order valence-corrected chi connectivity index (χ4v) is 2.62. The van der Waals surface area contributed by atoms with Gasteiger partial charge < -0.3 is 10.1 Å². The van der Waals surface area contributed by atoms with Crippen LogP contribution in [0, 0.1) is 6.92 Å². The maximum absolute atomic E-state index is 5.48. The summed E-state index contributed by atoms with van der Waals surface area (Å²) >= 11 is 1.84. The van der Waals surface area contributed by atoms with E-state index in [1.54, 1.807) is 0 Å². The summed E-state index contributed by atoms with van der Waals surface area (Å²) in [6.45, 7) is 6.45. The Balaban J connectivity index is 1.99. The summed E-state index contributed by atoms with van der Waals surface area (Å²) in [5, 5.41) is 3.48. The Labute approximate surface area is 113 Å². The number of benzene rings is 1. The van der Waals surface area contributed by atoms with Crippen molar-refractivity contribution in [3.63, 3.8) is 0 Å². The second kappa shape index (κ2) is 6.57. The third kappa shape index (κ3) is 3.59. The van der Waals surface area contributed by atoms with E-state index in [9.17, 15) is 0 Å². The Kier molecular flexibility index (Phi) is 4.79. The maximum atomic E-state index is 5.48. The second-order valence-electron chi connectivity index (χ2n) is 4.16. The van der Waals surface area contributed by atoms with Gasteiger partial charge >= 0.3 is 0 Å². The molecule has 0 bridgehead atoms. The normalized spacial score (nSPS) is 10.6. The molecule has 0 saturated heterocycles. The zero-order valence-electron chi connectivity index (χ0n) is 10.9. The smallest absolute Gasteiger partial charge is 0.0736 e. The van der Waals surface area contributed by atoms with Gasteiger partial charge in [0.15, 0.2) is 0 Å². The van der Waals surface area contributed by atoms with Crippen LogP contribution in [0.25, 0.3) is 0 Å². The molecule has 18 heavy (non-hydrogen) atoms. The van der Waals surface area contributed by atoms with Crippen LogP contribution in [-0.2, 0) is 17.9 Å². The third-order valence-electron chi connectivity index (χ3n) is 2.73. The molecule has 1 aromatic carbocycles. The lowest BCUT2D eigenvalue weighted by Crippen LogP contribution is -2.02. The van der Waals surface area contributed by atoms with E-state index < -0.39 is 0 Å². The third-order valence-corrected chi connectivity index (χ3v) is 3.73. The van der Waals surface area contributed by atoms with Gasteiger partial charge in [0.05, 0.1) is 6.61 Å². The van der Waals surface area contributed by atoms with Crippen LogP contribution in [0.2, 0.25) is 0 Å². The minimum atomic E-state index is 0.670. The van der Waals surface area contributed by atoms with E-state index in [1.807, 2.05) is 18.3 Å². The largest absolute Gasteiger partial charge is 0.380 e. The number of rotatable bonds is 6. The second-order valence-corrected chi connectivity index (χ2v) is 5.53. The van der Waals surface area contributed by atoms with Crippen molar-refractivity contribution in [1.82, 2.24) is 0 Å². The Bertz CT molecular complexity index is 493. The molecule has 0 saturated carbocycles. The number of para-hydroxylation sites is 1. The van der Waals surface area contributed by atoms with Gasteiger partial charge in [0.1, 0.15) is 0 Å². The van der Waals surface area contributed by atoms with Crippen LogP contribution in [0.5, 0.6) is 0 Å². The van der Waals surface area contributed by atoms with E-state index in [0.717, 1.165) is 18.8 Å². The van der Waals surface area contributed by atoms with Gasteiger partial charge in [-0.05, 0) is 32.0 Å². The standard InChI is InChI=1S/C15H19NOS/c1-3-17-11-13-6-4-5-7-15(13)16-10-14-9-8-12(2)18-14/h4-9,16H,3,10-11H2,1-2H3. The minimum Gasteiger partial charge on any atom is -0.380 e. The van der Waals surface area contributed by atoms with Crippen molar-refractivity contribution < 1.29 is 4.74 Å². The number of anilines is 1. The molecule has 0 spiro atoms. The van der Waals surface area contributed by atoms with Crippen LogP contribution in [-0.4, -0.2) is 6.61 Å². The van der Waals surface area contributed by atoms with Crippen LogP contribution in [0.15, 0.2) is 36.4 Å². The number of aryl methyl sites for hydroxylation is 1. The van der Waals surface area contributed by atoms with Crippen LogP contribution < -0.4 is 5.32 Å². The molecule has 0 aliphatic carbocycles. The molecular weight excluding hydrogens is 242 g/mol. The topological polar surface area (TPSA) is 21.3 Å². The first kappa shape index (κ1) is 13.1. The summed E-state index contributed by atoms with van der Waals surface area (Å²) in [4.78, 5) is 2.72. The molecule has 0 fully saturated rings. The van der Waals surface area contributed by atoms with Crippen LogP contribution in [0.4, 0.5) is 5.69 Å². The van der Waals surface area contributed by atoms with E-state index in [2.05, 4.69) is 48.6 Å². The van der Waals surface area contributed by atoms with E-state index in [4.69, 9.17) is 4.74 Å². The minimum absolute atomic E-state index is 0.670. The molecule has 0 unspecified atom stereocenters. The molecule has 2 aromatic rings. The van der Waals surface area contributed by atoms with Crippen LogP contribution >= 0.6 is 11.3 Å². The SMILES string of the molecule is CCOCc1ccccc1NCc1ccc(C)s1. The Morgan fingerprint density at radius 2 is 2.00 bits per heavy atom. The summed E-state index contributed by atoms with van der Waals surface area (Å²) in [7, 11) is 0. The molecule has 1 N–H and O–H groups in total. The van der Waals surface area contributed by atoms with E-state index in [1.165, 1.54) is 15.3 Å². The van der Waals surface area contributed by atoms with Crippen molar-refractivity contribution in [2.75, 3.05) is 11.9 Å². The highest BCUT2D eigenvalue weighted by molar-refractivity contribution is 7.11. The molecule has 0 aliphatic heterocycles. The number of nitrogens with one attached hydrogen (secondary N) is 1. The maximum Gasteiger partial charge on any atom is 0.0736 e. The zero-order chi connectivity index (χ0) is 12.8. The van der Waals surface area contributed by atoms with Gasteiger partial charge in [0.25, 0.3) is 0 Å². The number of thiophene rings is 1.